The molecule has 0 aliphatic carbocycles. The number of carbonyl (C=O) groups is 1. The minimum absolute atomic E-state index is 0.103. The van der Waals surface area contributed by atoms with E-state index in [1.54, 1.807) is 36.5 Å². The van der Waals surface area contributed by atoms with Gasteiger partial charge in [-0.2, -0.15) is 0 Å². The summed E-state index contributed by atoms with van der Waals surface area (Å²) >= 11 is 0. The first-order valence-corrected chi connectivity index (χ1v) is 9.53. The van der Waals surface area contributed by atoms with E-state index < -0.39 is 0 Å². The van der Waals surface area contributed by atoms with Gasteiger partial charge >= 0.3 is 0 Å². The first kappa shape index (κ1) is 19.0. The van der Waals surface area contributed by atoms with Crippen LogP contribution in [0, 0.1) is 5.82 Å². The first-order valence-electron chi connectivity index (χ1n) is 9.53. The second kappa shape index (κ2) is 8.79. The van der Waals surface area contributed by atoms with Crippen LogP contribution >= 0.6 is 0 Å². The van der Waals surface area contributed by atoms with Crippen LogP contribution in [0.3, 0.4) is 0 Å². The topological polar surface area (TPSA) is 76.1 Å². The van der Waals surface area contributed by atoms with Crippen molar-refractivity contribution >= 4 is 17.4 Å². The summed E-state index contributed by atoms with van der Waals surface area (Å²) in [5, 5.41) is 6.11. The van der Waals surface area contributed by atoms with Crippen molar-refractivity contribution in [3.05, 3.63) is 72.2 Å². The van der Waals surface area contributed by atoms with E-state index in [0.717, 1.165) is 30.7 Å². The molecule has 1 unspecified atom stereocenters. The van der Waals surface area contributed by atoms with Crippen molar-refractivity contribution in [2.24, 2.45) is 0 Å². The molecule has 1 atom stereocenters. The van der Waals surface area contributed by atoms with Gasteiger partial charge in [0.1, 0.15) is 11.6 Å². The number of benzene rings is 2. The smallest absolute Gasteiger partial charge is 0.251 e. The van der Waals surface area contributed by atoms with Crippen molar-refractivity contribution in [3.8, 4) is 11.4 Å². The molecule has 1 aliphatic heterocycles. The molecule has 29 heavy (non-hydrogen) atoms. The van der Waals surface area contributed by atoms with Crippen LogP contribution in [-0.4, -0.2) is 35.1 Å². The number of rotatable bonds is 6. The van der Waals surface area contributed by atoms with Crippen LogP contribution in [0.2, 0.25) is 0 Å². The molecule has 1 amide bonds. The van der Waals surface area contributed by atoms with Gasteiger partial charge in [-0.1, -0.05) is 6.07 Å². The van der Waals surface area contributed by atoms with Gasteiger partial charge in [0, 0.05) is 36.2 Å². The molecule has 0 saturated carbocycles. The van der Waals surface area contributed by atoms with Gasteiger partial charge in [0.05, 0.1) is 6.10 Å². The Bertz CT molecular complexity index is 988. The number of nitrogens with zero attached hydrogens (tertiary/aromatic N) is 2. The number of carbonyl (C=O) groups excluding carboxylic acids is 1. The van der Waals surface area contributed by atoms with E-state index in [4.69, 9.17) is 4.74 Å². The minimum Gasteiger partial charge on any atom is -0.376 e. The molecule has 7 heteroatoms. The molecule has 0 bridgehead atoms. The Kier molecular flexibility index (Phi) is 5.76. The molecule has 2 N–H and O–H groups in total. The quantitative estimate of drug-likeness (QED) is 0.665. The van der Waals surface area contributed by atoms with Crippen molar-refractivity contribution in [2.45, 2.75) is 18.9 Å². The third kappa shape index (κ3) is 4.94. The molecular weight excluding hydrogens is 371 g/mol. The van der Waals surface area contributed by atoms with Crippen molar-refractivity contribution in [1.29, 1.82) is 0 Å². The molecule has 1 aromatic heterocycles. The number of aromatic nitrogens is 2. The third-order valence-corrected chi connectivity index (χ3v) is 4.67. The zero-order chi connectivity index (χ0) is 20.1. The summed E-state index contributed by atoms with van der Waals surface area (Å²) in [5.74, 6) is 0.619. The van der Waals surface area contributed by atoms with Gasteiger partial charge in [0.25, 0.3) is 5.91 Å². The molecule has 0 radical (unpaired) electrons. The van der Waals surface area contributed by atoms with Crippen molar-refractivity contribution in [3.63, 3.8) is 0 Å². The first-order chi connectivity index (χ1) is 14.2. The van der Waals surface area contributed by atoms with Crippen LogP contribution in [0.1, 0.15) is 23.2 Å². The Morgan fingerprint density at radius 1 is 1.17 bits per heavy atom. The van der Waals surface area contributed by atoms with Crippen molar-refractivity contribution in [1.82, 2.24) is 15.3 Å². The normalized spacial score (nSPS) is 15.8. The Labute approximate surface area is 168 Å². The zero-order valence-corrected chi connectivity index (χ0v) is 15.8. The molecule has 3 aromatic rings. The molecule has 1 fully saturated rings. The fraction of sp³-hybridized carbons (Fsp3) is 0.227. The number of nitrogens with one attached hydrogen (secondary N) is 2. The Morgan fingerprint density at radius 2 is 2.03 bits per heavy atom. The number of hydrogen-bond acceptors (Lipinski definition) is 5. The Balaban J connectivity index is 1.44. The Morgan fingerprint density at radius 3 is 2.83 bits per heavy atom. The highest BCUT2D eigenvalue weighted by Gasteiger charge is 2.16. The second-order valence-corrected chi connectivity index (χ2v) is 6.82. The largest absolute Gasteiger partial charge is 0.376 e. The highest BCUT2D eigenvalue weighted by molar-refractivity contribution is 5.95. The second-order valence-electron chi connectivity index (χ2n) is 6.82. The fourth-order valence-corrected chi connectivity index (χ4v) is 3.17. The fourth-order valence-electron chi connectivity index (χ4n) is 3.17. The van der Waals surface area contributed by atoms with Gasteiger partial charge in [-0.25, -0.2) is 14.4 Å². The van der Waals surface area contributed by atoms with Gasteiger partial charge in [0.15, 0.2) is 5.82 Å². The summed E-state index contributed by atoms with van der Waals surface area (Å²) in [5.41, 5.74) is 2.01. The highest BCUT2D eigenvalue weighted by Crippen LogP contribution is 2.20. The van der Waals surface area contributed by atoms with Crippen LogP contribution in [-0.2, 0) is 4.74 Å². The number of ether oxygens (including phenoxy) is 1. The van der Waals surface area contributed by atoms with Gasteiger partial charge in [0.2, 0.25) is 0 Å². The van der Waals surface area contributed by atoms with Gasteiger partial charge in [-0.15, -0.1) is 0 Å². The third-order valence-electron chi connectivity index (χ3n) is 4.67. The van der Waals surface area contributed by atoms with Crippen molar-refractivity contribution in [2.75, 3.05) is 18.5 Å². The Hall–Kier alpha value is -3.32. The standard InChI is InChI=1S/C22H21FN4O2/c23-17-8-6-15(7-9-17)21-24-11-10-20(27-21)26-18-4-1-3-16(13-18)22(28)25-14-19-5-2-12-29-19/h1,3-4,6-11,13,19H,2,5,12,14H2,(H,25,28)(H,24,26,27). The van der Waals surface area contributed by atoms with E-state index in [1.807, 2.05) is 12.1 Å². The number of halogens is 1. The van der Waals surface area contributed by atoms with Gasteiger partial charge in [-0.05, 0) is 61.4 Å². The van der Waals surface area contributed by atoms with Crippen LogP contribution < -0.4 is 10.6 Å². The lowest BCUT2D eigenvalue weighted by molar-refractivity contribution is 0.0858. The number of amides is 1. The monoisotopic (exact) mass is 392 g/mol. The van der Waals surface area contributed by atoms with E-state index in [9.17, 15) is 9.18 Å². The average molecular weight is 392 g/mol. The minimum atomic E-state index is -0.308. The SMILES string of the molecule is O=C(NCC1CCCO1)c1cccc(Nc2ccnc(-c3ccc(F)cc3)n2)c1. The van der Waals surface area contributed by atoms with Crippen LogP contribution in [0.5, 0.6) is 0 Å². The van der Waals surface area contributed by atoms with E-state index in [0.29, 0.717) is 23.8 Å². The maximum absolute atomic E-state index is 13.1. The molecule has 2 aromatic carbocycles. The zero-order valence-electron chi connectivity index (χ0n) is 15.8. The predicted octanol–water partition coefficient (Wildman–Crippen LogP) is 3.94. The molecule has 1 aliphatic rings. The molecule has 4 rings (SSSR count). The summed E-state index contributed by atoms with van der Waals surface area (Å²) in [6, 6.07) is 14.9. The molecule has 1 saturated heterocycles. The van der Waals surface area contributed by atoms with Crippen LogP contribution in [0.15, 0.2) is 60.8 Å². The van der Waals surface area contributed by atoms with Crippen molar-refractivity contribution < 1.29 is 13.9 Å². The van der Waals surface area contributed by atoms with E-state index in [2.05, 4.69) is 20.6 Å². The molecule has 0 spiro atoms. The van der Waals surface area contributed by atoms with E-state index in [-0.39, 0.29) is 17.8 Å². The summed E-state index contributed by atoms with van der Waals surface area (Å²) in [4.78, 5) is 21.1. The maximum atomic E-state index is 13.1. The molecular formula is C22H21FN4O2. The summed E-state index contributed by atoms with van der Waals surface area (Å²) in [6.45, 7) is 1.28. The number of hydrogen-bond donors (Lipinski definition) is 2. The average Bonchev–Trinajstić information content (AvgIpc) is 3.27. The summed E-state index contributed by atoms with van der Waals surface area (Å²) in [7, 11) is 0. The lowest BCUT2D eigenvalue weighted by Gasteiger charge is -2.12. The number of anilines is 2. The lowest BCUT2D eigenvalue weighted by atomic mass is 10.1. The lowest BCUT2D eigenvalue weighted by Crippen LogP contribution is -2.31. The summed E-state index contributed by atoms with van der Waals surface area (Å²) < 4.78 is 18.7. The highest BCUT2D eigenvalue weighted by atomic mass is 19.1. The van der Waals surface area contributed by atoms with E-state index in [1.165, 1.54) is 12.1 Å². The molecule has 6 nitrogen and oxygen atoms in total. The molecule has 2 heterocycles. The maximum Gasteiger partial charge on any atom is 0.251 e. The predicted molar refractivity (Wildman–Crippen MR) is 108 cm³/mol. The summed E-state index contributed by atoms with van der Waals surface area (Å²) in [6.07, 6.45) is 3.75. The van der Waals surface area contributed by atoms with Crippen LogP contribution in [0.4, 0.5) is 15.9 Å². The van der Waals surface area contributed by atoms with Gasteiger partial charge < -0.3 is 15.4 Å². The van der Waals surface area contributed by atoms with Gasteiger partial charge in [-0.3, -0.25) is 4.79 Å². The van der Waals surface area contributed by atoms with Crippen LogP contribution in [0.25, 0.3) is 11.4 Å². The van der Waals surface area contributed by atoms with E-state index >= 15 is 0 Å². The molecule has 148 valence electrons.